The predicted octanol–water partition coefficient (Wildman–Crippen LogP) is 2.48. The molecule has 78 valence electrons. The SMILES string of the molecule is CCC(O)c1ccc(OCCF)cc1. The van der Waals surface area contributed by atoms with Crippen molar-refractivity contribution in [1.29, 1.82) is 0 Å². The summed E-state index contributed by atoms with van der Waals surface area (Å²) >= 11 is 0. The van der Waals surface area contributed by atoms with Gasteiger partial charge >= 0.3 is 0 Å². The van der Waals surface area contributed by atoms with Crippen LogP contribution in [0.25, 0.3) is 0 Å². The monoisotopic (exact) mass is 198 g/mol. The zero-order valence-corrected chi connectivity index (χ0v) is 8.24. The van der Waals surface area contributed by atoms with E-state index in [0.29, 0.717) is 12.2 Å². The average Bonchev–Trinajstić information content (AvgIpc) is 2.26. The van der Waals surface area contributed by atoms with Crippen LogP contribution < -0.4 is 4.74 Å². The smallest absolute Gasteiger partial charge is 0.123 e. The van der Waals surface area contributed by atoms with E-state index in [2.05, 4.69) is 0 Å². The molecule has 0 aliphatic rings. The Morgan fingerprint density at radius 3 is 2.50 bits per heavy atom. The lowest BCUT2D eigenvalue weighted by Gasteiger charge is -2.09. The fourth-order valence-electron chi connectivity index (χ4n) is 1.18. The molecule has 1 unspecified atom stereocenters. The lowest BCUT2D eigenvalue weighted by molar-refractivity contribution is 0.173. The summed E-state index contributed by atoms with van der Waals surface area (Å²) in [6.45, 7) is 1.51. The van der Waals surface area contributed by atoms with Crippen LogP contribution in [0.5, 0.6) is 5.75 Å². The Kier molecular flexibility index (Phi) is 4.40. The van der Waals surface area contributed by atoms with Crippen LogP contribution in [0.15, 0.2) is 24.3 Å². The number of benzene rings is 1. The van der Waals surface area contributed by atoms with Crippen LogP contribution in [-0.4, -0.2) is 18.4 Å². The van der Waals surface area contributed by atoms with E-state index < -0.39 is 12.8 Å². The number of hydrogen-bond donors (Lipinski definition) is 1. The molecule has 3 heteroatoms. The molecular formula is C11H15FO2. The first-order valence-electron chi connectivity index (χ1n) is 4.74. The number of rotatable bonds is 5. The minimum absolute atomic E-state index is 0.0790. The van der Waals surface area contributed by atoms with E-state index >= 15 is 0 Å². The standard InChI is InChI=1S/C11H15FO2/c1-2-11(13)9-3-5-10(6-4-9)14-8-7-12/h3-6,11,13H,2,7-8H2,1H3. The van der Waals surface area contributed by atoms with Crippen LogP contribution in [-0.2, 0) is 0 Å². The van der Waals surface area contributed by atoms with Gasteiger partial charge in [-0.15, -0.1) is 0 Å². The Labute approximate surface area is 83.3 Å². The number of halogens is 1. The normalized spacial score (nSPS) is 12.5. The molecule has 2 nitrogen and oxygen atoms in total. The van der Waals surface area contributed by atoms with E-state index in [0.717, 1.165) is 5.56 Å². The molecule has 0 saturated heterocycles. The molecule has 1 atom stereocenters. The Bertz CT molecular complexity index is 258. The van der Waals surface area contributed by atoms with E-state index in [1.54, 1.807) is 24.3 Å². The summed E-state index contributed by atoms with van der Waals surface area (Å²) in [5.74, 6) is 0.634. The second kappa shape index (κ2) is 5.60. The Balaban J connectivity index is 2.59. The van der Waals surface area contributed by atoms with Crippen molar-refractivity contribution in [2.45, 2.75) is 19.4 Å². The van der Waals surface area contributed by atoms with Gasteiger partial charge < -0.3 is 9.84 Å². The van der Waals surface area contributed by atoms with E-state index in [-0.39, 0.29) is 6.61 Å². The molecule has 0 spiro atoms. The van der Waals surface area contributed by atoms with Crippen LogP contribution >= 0.6 is 0 Å². The van der Waals surface area contributed by atoms with Crippen molar-refractivity contribution in [2.75, 3.05) is 13.3 Å². The van der Waals surface area contributed by atoms with Gasteiger partial charge in [-0.05, 0) is 24.1 Å². The Morgan fingerprint density at radius 1 is 1.36 bits per heavy atom. The van der Waals surface area contributed by atoms with Crippen LogP contribution in [0.2, 0.25) is 0 Å². The van der Waals surface area contributed by atoms with Crippen molar-refractivity contribution in [3.63, 3.8) is 0 Å². The zero-order valence-electron chi connectivity index (χ0n) is 8.24. The summed E-state index contributed by atoms with van der Waals surface area (Å²) in [6, 6.07) is 7.07. The molecule has 0 fully saturated rings. The molecule has 0 saturated carbocycles. The van der Waals surface area contributed by atoms with Crippen molar-refractivity contribution in [1.82, 2.24) is 0 Å². The van der Waals surface area contributed by atoms with Crippen LogP contribution in [0.4, 0.5) is 4.39 Å². The van der Waals surface area contributed by atoms with Gasteiger partial charge in [-0.3, -0.25) is 0 Å². The third kappa shape index (κ3) is 3.00. The van der Waals surface area contributed by atoms with Crippen molar-refractivity contribution in [2.24, 2.45) is 0 Å². The van der Waals surface area contributed by atoms with E-state index in [1.807, 2.05) is 6.92 Å². The highest BCUT2D eigenvalue weighted by Gasteiger charge is 2.03. The molecule has 0 aliphatic heterocycles. The highest BCUT2D eigenvalue weighted by Crippen LogP contribution is 2.19. The molecule has 0 heterocycles. The van der Waals surface area contributed by atoms with Gasteiger partial charge in [0.05, 0.1) is 6.10 Å². The van der Waals surface area contributed by atoms with Gasteiger partial charge in [0.25, 0.3) is 0 Å². The highest BCUT2D eigenvalue weighted by molar-refractivity contribution is 5.28. The number of aliphatic hydroxyl groups excluding tert-OH is 1. The van der Waals surface area contributed by atoms with E-state index in [1.165, 1.54) is 0 Å². The first-order chi connectivity index (χ1) is 6.77. The minimum atomic E-state index is -0.487. The molecule has 0 bridgehead atoms. The van der Waals surface area contributed by atoms with Gasteiger partial charge in [0.1, 0.15) is 19.0 Å². The summed E-state index contributed by atoms with van der Waals surface area (Å²) in [5.41, 5.74) is 0.861. The zero-order chi connectivity index (χ0) is 10.4. The van der Waals surface area contributed by atoms with Gasteiger partial charge in [-0.1, -0.05) is 19.1 Å². The van der Waals surface area contributed by atoms with Crippen LogP contribution in [0, 0.1) is 0 Å². The summed E-state index contributed by atoms with van der Waals surface area (Å²) < 4.78 is 16.8. The van der Waals surface area contributed by atoms with Gasteiger partial charge in [0, 0.05) is 0 Å². The third-order valence-corrected chi connectivity index (χ3v) is 2.00. The minimum Gasteiger partial charge on any atom is -0.491 e. The van der Waals surface area contributed by atoms with Crippen LogP contribution in [0.1, 0.15) is 25.0 Å². The molecule has 14 heavy (non-hydrogen) atoms. The molecule has 1 aromatic rings. The summed E-state index contributed by atoms with van der Waals surface area (Å²) in [5, 5.41) is 9.50. The maximum Gasteiger partial charge on any atom is 0.123 e. The predicted molar refractivity (Wildman–Crippen MR) is 53.2 cm³/mol. The quantitative estimate of drug-likeness (QED) is 0.787. The second-order valence-corrected chi connectivity index (χ2v) is 3.03. The van der Waals surface area contributed by atoms with E-state index in [4.69, 9.17) is 4.74 Å². The number of hydrogen-bond acceptors (Lipinski definition) is 2. The number of alkyl halides is 1. The van der Waals surface area contributed by atoms with Crippen molar-refractivity contribution in [3.8, 4) is 5.75 Å². The van der Waals surface area contributed by atoms with Gasteiger partial charge in [-0.25, -0.2) is 4.39 Å². The maximum absolute atomic E-state index is 11.8. The number of ether oxygens (including phenoxy) is 1. The fourth-order valence-corrected chi connectivity index (χ4v) is 1.18. The van der Waals surface area contributed by atoms with Gasteiger partial charge in [-0.2, -0.15) is 0 Å². The second-order valence-electron chi connectivity index (χ2n) is 3.03. The Hall–Kier alpha value is -1.09. The molecule has 0 aliphatic carbocycles. The molecule has 1 N–H and O–H groups in total. The van der Waals surface area contributed by atoms with Crippen molar-refractivity contribution < 1.29 is 14.2 Å². The molecular weight excluding hydrogens is 183 g/mol. The highest BCUT2D eigenvalue weighted by atomic mass is 19.1. The maximum atomic E-state index is 11.8. The molecule has 1 aromatic carbocycles. The van der Waals surface area contributed by atoms with E-state index in [9.17, 15) is 9.50 Å². The summed E-state index contributed by atoms with van der Waals surface area (Å²) in [6.07, 6.45) is 0.259. The lowest BCUT2D eigenvalue weighted by atomic mass is 10.1. The van der Waals surface area contributed by atoms with Gasteiger partial charge in [0.15, 0.2) is 0 Å². The average molecular weight is 198 g/mol. The molecule has 0 amide bonds. The molecule has 0 radical (unpaired) electrons. The number of aliphatic hydroxyl groups is 1. The lowest BCUT2D eigenvalue weighted by Crippen LogP contribution is -1.99. The Morgan fingerprint density at radius 2 is 2.00 bits per heavy atom. The molecule has 0 aromatic heterocycles. The van der Waals surface area contributed by atoms with Crippen molar-refractivity contribution in [3.05, 3.63) is 29.8 Å². The van der Waals surface area contributed by atoms with Crippen molar-refractivity contribution >= 4 is 0 Å². The van der Waals surface area contributed by atoms with Crippen LogP contribution in [0.3, 0.4) is 0 Å². The van der Waals surface area contributed by atoms with Gasteiger partial charge in [0.2, 0.25) is 0 Å². The largest absolute Gasteiger partial charge is 0.491 e. The molecule has 1 rings (SSSR count). The summed E-state index contributed by atoms with van der Waals surface area (Å²) in [4.78, 5) is 0. The first kappa shape index (κ1) is 11.0. The first-order valence-corrected chi connectivity index (χ1v) is 4.74. The third-order valence-electron chi connectivity index (χ3n) is 2.00. The summed E-state index contributed by atoms with van der Waals surface area (Å²) in [7, 11) is 0. The fraction of sp³-hybridized carbons (Fsp3) is 0.455. The topological polar surface area (TPSA) is 29.5 Å².